The van der Waals surface area contributed by atoms with Crippen molar-refractivity contribution in [2.24, 2.45) is 0 Å². The van der Waals surface area contributed by atoms with Gasteiger partial charge in [-0.25, -0.2) is 9.36 Å². The molecule has 4 N–H and O–H groups in total. The number of hydrogen-bond donors (Lipinski definition) is 4. The van der Waals surface area contributed by atoms with E-state index in [9.17, 15) is 42.8 Å². The van der Waals surface area contributed by atoms with Crippen LogP contribution < -0.4 is 15.5 Å². The summed E-state index contributed by atoms with van der Waals surface area (Å²) in [6, 6.07) is 13.3. The monoisotopic (exact) mass is 679 g/mol. The number of nitrogens with zero attached hydrogens (tertiary/aromatic N) is 2. The number of ether oxygens (including phenoxy) is 3. The van der Waals surface area contributed by atoms with Crippen molar-refractivity contribution < 1.29 is 61.2 Å². The molecule has 4 aromatic rings. The average Bonchev–Trinajstić information content (AvgIpc) is 3.56. The van der Waals surface area contributed by atoms with E-state index in [0.29, 0.717) is 26.8 Å². The van der Waals surface area contributed by atoms with Crippen molar-refractivity contribution >= 4 is 30.6 Å². The van der Waals surface area contributed by atoms with Crippen molar-refractivity contribution in [3.8, 4) is 5.75 Å². The van der Waals surface area contributed by atoms with Crippen LogP contribution in [0.3, 0.4) is 0 Å². The van der Waals surface area contributed by atoms with E-state index in [1.807, 2.05) is 0 Å². The van der Waals surface area contributed by atoms with E-state index in [1.165, 1.54) is 31.4 Å². The molecule has 1 fully saturated rings. The first-order valence-electron chi connectivity index (χ1n) is 13.8. The Kier molecular flexibility index (Phi) is 9.86. The van der Waals surface area contributed by atoms with Crippen LogP contribution in [0.2, 0.25) is 0 Å². The van der Waals surface area contributed by atoms with E-state index in [4.69, 9.17) is 23.2 Å². The molecule has 1 aliphatic heterocycles. The van der Waals surface area contributed by atoms with Crippen molar-refractivity contribution in [2.45, 2.75) is 44.0 Å². The van der Waals surface area contributed by atoms with Gasteiger partial charge in [0, 0.05) is 22.7 Å². The number of methoxy groups -OCH3 is 1. The summed E-state index contributed by atoms with van der Waals surface area (Å²) in [4.78, 5) is 50.9. The molecular formula is C29H28F2N3O12P. The fourth-order valence-corrected chi connectivity index (χ4v) is 5.53. The Labute approximate surface area is 263 Å². The van der Waals surface area contributed by atoms with Gasteiger partial charge in [-0.05, 0) is 36.4 Å². The number of aliphatic hydroxyl groups is 2. The number of furan rings is 1. The van der Waals surface area contributed by atoms with Gasteiger partial charge in [-0.3, -0.25) is 23.8 Å². The average molecular weight is 680 g/mol. The van der Waals surface area contributed by atoms with Gasteiger partial charge < -0.3 is 33.7 Å². The number of carbonyl (C=O) groups excluding carboxylic acids is 2. The molecule has 0 radical (unpaired) electrons. The number of amides is 1. The van der Waals surface area contributed by atoms with Gasteiger partial charge in [0.1, 0.15) is 29.8 Å². The second-order valence-electron chi connectivity index (χ2n) is 10.3. The number of carbonyl (C=O) groups is 2. The standard InChI is InChI=1S/C29H28F2N3O12P/c1-42-20-9-17-10-21(45-24(17)18(11-20)13-35)14-43-23(36)12-19-7-8-34(28(39)32-19)27-29(30,31)25(37)22(46-27)15-44-47(40,41)33-26(38)16-5-3-2-4-6-16/h2-11,22,25,27,35,37H,12-15H2,1H3,(H2,33,38,40,41)/t22-,25-,27?/m1/s1. The number of nitrogens with one attached hydrogen (secondary N) is 1. The minimum Gasteiger partial charge on any atom is -0.497 e. The second-order valence-corrected chi connectivity index (χ2v) is 11.8. The Morgan fingerprint density at radius 2 is 1.91 bits per heavy atom. The predicted molar refractivity (Wildman–Crippen MR) is 155 cm³/mol. The lowest BCUT2D eigenvalue weighted by Crippen LogP contribution is -2.42. The van der Waals surface area contributed by atoms with Gasteiger partial charge in [0.15, 0.2) is 6.10 Å². The van der Waals surface area contributed by atoms with Crippen LogP contribution >= 0.6 is 7.75 Å². The maximum atomic E-state index is 15.0. The Hall–Kier alpha value is -4.51. The molecule has 1 saturated heterocycles. The first kappa shape index (κ1) is 33.8. The number of hydrogen-bond acceptors (Lipinski definition) is 12. The third-order valence-electron chi connectivity index (χ3n) is 7.04. The van der Waals surface area contributed by atoms with E-state index in [2.05, 4.69) is 4.98 Å². The highest BCUT2D eigenvalue weighted by atomic mass is 31.2. The van der Waals surface area contributed by atoms with E-state index in [0.717, 1.165) is 12.3 Å². The largest absolute Gasteiger partial charge is 0.497 e. The van der Waals surface area contributed by atoms with Crippen LogP contribution in [0.25, 0.3) is 11.0 Å². The van der Waals surface area contributed by atoms with Gasteiger partial charge in [0.25, 0.3) is 5.91 Å². The molecular weight excluding hydrogens is 651 g/mol. The normalized spacial score (nSPS) is 20.1. The number of aromatic nitrogens is 2. The predicted octanol–water partition coefficient (Wildman–Crippen LogP) is 2.22. The minimum absolute atomic E-state index is 0.0302. The Balaban J connectivity index is 1.19. The smallest absolute Gasteiger partial charge is 0.432 e. The zero-order valence-electron chi connectivity index (χ0n) is 24.4. The molecule has 1 aliphatic rings. The Morgan fingerprint density at radius 3 is 2.60 bits per heavy atom. The van der Waals surface area contributed by atoms with E-state index in [-0.39, 0.29) is 30.2 Å². The molecule has 4 atom stereocenters. The summed E-state index contributed by atoms with van der Waals surface area (Å²) in [6.45, 7) is -1.66. The summed E-state index contributed by atoms with van der Waals surface area (Å²) in [6.07, 6.45) is -6.48. The molecule has 1 amide bonds. The molecule has 15 nitrogen and oxygen atoms in total. The molecule has 2 unspecified atom stereocenters. The lowest BCUT2D eigenvalue weighted by Gasteiger charge is -2.21. The highest BCUT2D eigenvalue weighted by Gasteiger charge is 2.60. The Bertz CT molecular complexity index is 1880. The number of fused-ring (bicyclic) bond motifs is 1. The first-order chi connectivity index (χ1) is 22.3. The van der Waals surface area contributed by atoms with Crippen LogP contribution in [0, 0.1) is 0 Å². The summed E-state index contributed by atoms with van der Waals surface area (Å²) in [5.74, 6) is -5.13. The van der Waals surface area contributed by atoms with Crippen molar-refractivity contribution in [1.82, 2.24) is 14.6 Å². The summed E-state index contributed by atoms with van der Waals surface area (Å²) in [7, 11) is -3.41. The van der Waals surface area contributed by atoms with Crippen molar-refractivity contribution in [3.05, 3.63) is 93.9 Å². The van der Waals surface area contributed by atoms with Gasteiger partial charge in [-0.1, -0.05) is 18.2 Å². The topological polar surface area (TPSA) is 209 Å². The lowest BCUT2D eigenvalue weighted by molar-refractivity contribution is -0.144. The first-order valence-corrected chi connectivity index (χ1v) is 15.4. The molecule has 0 spiro atoms. The van der Waals surface area contributed by atoms with Crippen LogP contribution in [-0.2, 0) is 43.0 Å². The number of esters is 1. The Morgan fingerprint density at radius 1 is 1.17 bits per heavy atom. The molecule has 0 saturated carbocycles. The highest BCUT2D eigenvalue weighted by molar-refractivity contribution is 7.51. The van der Waals surface area contributed by atoms with Crippen LogP contribution in [0.15, 0.2) is 70.0 Å². The zero-order chi connectivity index (χ0) is 33.9. The molecule has 0 aliphatic carbocycles. The minimum atomic E-state index is -4.88. The molecule has 5 rings (SSSR count). The number of rotatable bonds is 12. The zero-order valence-corrected chi connectivity index (χ0v) is 25.3. The van der Waals surface area contributed by atoms with Gasteiger partial charge >= 0.3 is 25.3 Å². The molecule has 47 heavy (non-hydrogen) atoms. The fraction of sp³-hybridized carbons (Fsp3) is 0.310. The van der Waals surface area contributed by atoms with E-state index < -0.39 is 62.7 Å². The third-order valence-corrected chi connectivity index (χ3v) is 8.02. The lowest BCUT2D eigenvalue weighted by atomic mass is 10.1. The number of alkyl halides is 2. The second kappa shape index (κ2) is 13.7. The van der Waals surface area contributed by atoms with Crippen molar-refractivity contribution in [2.75, 3.05) is 13.7 Å². The quantitative estimate of drug-likeness (QED) is 0.125. The van der Waals surface area contributed by atoms with Crippen molar-refractivity contribution in [3.63, 3.8) is 0 Å². The van der Waals surface area contributed by atoms with Crippen LogP contribution in [-0.4, -0.2) is 68.4 Å². The molecule has 2 aromatic heterocycles. The van der Waals surface area contributed by atoms with Crippen LogP contribution in [0.4, 0.5) is 8.78 Å². The number of benzene rings is 2. The summed E-state index contributed by atoms with van der Waals surface area (Å²) in [5, 5.41) is 22.1. The number of aliphatic hydroxyl groups excluding tert-OH is 2. The summed E-state index contributed by atoms with van der Waals surface area (Å²) in [5.41, 5.74) is -0.493. The molecule has 0 bridgehead atoms. The van der Waals surface area contributed by atoms with Gasteiger partial charge in [-0.2, -0.15) is 13.8 Å². The fourth-order valence-electron chi connectivity index (χ4n) is 4.73. The molecule has 3 heterocycles. The van der Waals surface area contributed by atoms with Gasteiger partial charge in [0.2, 0.25) is 6.23 Å². The van der Waals surface area contributed by atoms with Crippen LogP contribution in [0.5, 0.6) is 5.75 Å². The van der Waals surface area contributed by atoms with E-state index >= 15 is 0 Å². The van der Waals surface area contributed by atoms with Crippen molar-refractivity contribution in [1.29, 1.82) is 0 Å². The third kappa shape index (κ3) is 7.56. The molecule has 18 heteroatoms. The van der Waals surface area contributed by atoms with Gasteiger partial charge in [0.05, 0.1) is 32.4 Å². The summed E-state index contributed by atoms with van der Waals surface area (Å²) < 4.78 is 68.6. The molecule has 2 aromatic carbocycles. The van der Waals surface area contributed by atoms with Gasteiger partial charge in [-0.15, -0.1) is 0 Å². The van der Waals surface area contributed by atoms with E-state index in [1.54, 1.807) is 29.4 Å². The SMILES string of the molecule is COc1cc(CO)c2oc(COC(=O)Cc3ccn(C4O[C@H](COP(=O)(O)NC(=O)c5ccccc5)[C@@H](O)C4(F)F)c(=O)n3)cc2c1. The number of halogens is 2. The molecule has 250 valence electrons. The summed E-state index contributed by atoms with van der Waals surface area (Å²) >= 11 is 0. The van der Waals surface area contributed by atoms with Crippen LogP contribution in [0.1, 0.15) is 33.6 Å². The maximum Gasteiger partial charge on any atom is 0.432 e. The maximum absolute atomic E-state index is 15.0. The highest BCUT2D eigenvalue weighted by Crippen LogP contribution is 2.44.